The number of fused-ring (bicyclic) bond motifs is 2. The molecule has 10 heteroatoms. The van der Waals surface area contributed by atoms with Gasteiger partial charge in [-0.3, -0.25) is 4.57 Å². The third kappa shape index (κ3) is 3.32. The Labute approximate surface area is 172 Å². The van der Waals surface area contributed by atoms with E-state index in [4.69, 9.17) is 4.74 Å². The summed E-state index contributed by atoms with van der Waals surface area (Å²) in [5, 5.41) is 0. The smallest absolute Gasteiger partial charge is 0.327 e. The summed E-state index contributed by atoms with van der Waals surface area (Å²) >= 11 is 0. The van der Waals surface area contributed by atoms with Crippen molar-refractivity contribution in [3.8, 4) is 0 Å². The number of imidazole rings is 2. The lowest BCUT2D eigenvalue weighted by molar-refractivity contribution is 0.188. The van der Waals surface area contributed by atoms with Crippen LogP contribution in [0, 0.1) is 5.92 Å². The third-order valence-electron chi connectivity index (χ3n) is 5.80. The number of pyridine rings is 1. The van der Waals surface area contributed by atoms with Gasteiger partial charge in [-0.25, -0.2) is 24.7 Å². The molecule has 1 aliphatic heterocycles. The van der Waals surface area contributed by atoms with Gasteiger partial charge in [0.1, 0.15) is 6.33 Å². The fraction of sp³-hybridized carbons (Fsp3) is 0.450. The van der Waals surface area contributed by atoms with Crippen molar-refractivity contribution in [1.29, 1.82) is 0 Å². The van der Waals surface area contributed by atoms with Crippen molar-refractivity contribution in [3.05, 3.63) is 41.5 Å². The maximum atomic E-state index is 12.3. The van der Waals surface area contributed by atoms with Crippen LogP contribution in [0.3, 0.4) is 0 Å². The number of aromatic amines is 1. The normalized spacial score (nSPS) is 15.4. The first-order chi connectivity index (χ1) is 14.7. The second kappa shape index (κ2) is 7.86. The number of piperidine rings is 1. The zero-order valence-electron chi connectivity index (χ0n) is 16.9. The van der Waals surface area contributed by atoms with Gasteiger partial charge in [-0.05, 0) is 30.9 Å². The molecule has 0 aliphatic carbocycles. The Morgan fingerprint density at radius 2 is 2.03 bits per heavy atom. The highest BCUT2D eigenvalue weighted by molar-refractivity contribution is 5.83. The molecule has 0 atom stereocenters. The summed E-state index contributed by atoms with van der Waals surface area (Å²) in [5.41, 5.74) is 3.07. The van der Waals surface area contributed by atoms with Crippen molar-refractivity contribution >= 4 is 28.1 Å². The van der Waals surface area contributed by atoms with Crippen LogP contribution >= 0.6 is 0 Å². The summed E-state index contributed by atoms with van der Waals surface area (Å²) in [6, 6.07) is 3.72. The van der Waals surface area contributed by atoms with Crippen molar-refractivity contribution in [2.45, 2.75) is 25.9 Å². The minimum atomic E-state index is -0.0924. The number of aromatic nitrogens is 7. The number of H-pyrrole nitrogens is 1. The highest BCUT2D eigenvalue weighted by Crippen LogP contribution is 2.27. The van der Waals surface area contributed by atoms with Gasteiger partial charge in [-0.1, -0.05) is 0 Å². The molecule has 1 saturated heterocycles. The van der Waals surface area contributed by atoms with Crippen molar-refractivity contribution < 1.29 is 4.74 Å². The molecule has 1 fully saturated rings. The van der Waals surface area contributed by atoms with Crippen LogP contribution < -0.4 is 10.6 Å². The first kappa shape index (κ1) is 18.7. The van der Waals surface area contributed by atoms with Crippen molar-refractivity contribution in [1.82, 2.24) is 34.1 Å². The monoisotopic (exact) mass is 408 g/mol. The predicted molar refractivity (Wildman–Crippen MR) is 112 cm³/mol. The maximum absolute atomic E-state index is 12.3. The fourth-order valence-electron chi connectivity index (χ4n) is 4.20. The lowest BCUT2D eigenvalue weighted by Crippen LogP contribution is -2.36. The molecule has 30 heavy (non-hydrogen) atoms. The van der Waals surface area contributed by atoms with Crippen LogP contribution in [-0.2, 0) is 17.8 Å². The van der Waals surface area contributed by atoms with E-state index >= 15 is 0 Å². The summed E-state index contributed by atoms with van der Waals surface area (Å²) < 4.78 is 8.92. The second-order valence-electron chi connectivity index (χ2n) is 7.65. The molecule has 5 rings (SSSR count). The average Bonchev–Trinajstić information content (AvgIpc) is 3.33. The zero-order valence-corrected chi connectivity index (χ0v) is 16.9. The molecule has 0 radical (unpaired) electrons. The molecular formula is C20H24N8O2. The lowest BCUT2D eigenvalue weighted by atomic mass is 9.96. The van der Waals surface area contributed by atoms with Crippen LogP contribution in [0.1, 0.15) is 12.8 Å². The topological polar surface area (TPSA) is 107 Å². The van der Waals surface area contributed by atoms with Crippen LogP contribution in [0.2, 0.25) is 0 Å². The van der Waals surface area contributed by atoms with Crippen LogP contribution in [0.4, 0.5) is 5.82 Å². The summed E-state index contributed by atoms with van der Waals surface area (Å²) in [6.45, 7) is 3.73. The van der Waals surface area contributed by atoms with Gasteiger partial charge < -0.3 is 19.2 Å². The van der Waals surface area contributed by atoms with E-state index < -0.39 is 0 Å². The second-order valence-corrected chi connectivity index (χ2v) is 7.65. The van der Waals surface area contributed by atoms with Crippen molar-refractivity contribution in [2.75, 3.05) is 31.7 Å². The molecule has 4 aromatic rings. The number of rotatable bonds is 6. The zero-order chi connectivity index (χ0) is 20.5. The van der Waals surface area contributed by atoms with Gasteiger partial charge in [0, 0.05) is 39.5 Å². The van der Waals surface area contributed by atoms with E-state index in [-0.39, 0.29) is 5.69 Å². The molecule has 156 valence electrons. The Morgan fingerprint density at radius 3 is 2.87 bits per heavy atom. The van der Waals surface area contributed by atoms with Crippen LogP contribution in [0.25, 0.3) is 22.3 Å². The van der Waals surface area contributed by atoms with Gasteiger partial charge in [0.2, 0.25) is 0 Å². The van der Waals surface area contributed by atoms with Gasteiger partial charge in [0.15, 0.2) is 22.6 Å². The van der Waals surface area contributed by atoms with E-state index in [0.717, 1.165) is 54.1 Å². The molecular weight excluding hydrogens is 384 g/mol. The number of hydrogen-bond donors (Lipinski definition) is 1. The first-order valence-electron chi connectivity index (χ1n) is 10.2. The Kier molecular flexibility index (Phi) is 4.91. The lowest BCUT2D eigenvalue weighted by Gasteiger charge is -2.32. The third-order valence-corrected chi connectivity index (χ3v) is 5.80. The number of nitrogens with one attached hydrogen (secondary N) is 1. The maximum Gasteiger partial charge on any atom is 0.327 e. The van der Waals surface area contributed by atoms with E-state index in [1.165, 1.54) is 0 Å². The minimum absolute atomic E-state index is 0.0924. The van der Waals surface area contributed by atoms with E-state index in [2.05, 4.69) is 29.8 Å². The molecule has 1 aliphatic rings. The van der Waals surface area contributed by atoms with E-state index in [1.807, 2.05) is 16.7 Å². The summed E-state index contributed by atoms with van der Waals surface area (Å²) in [4.78, 5) is 35.4. The Bertz CT molecular complexity index is 1220. The number of nitrogens with zero attached hydrogens (tertiary/aromatic N) is 7. The van der Waals surface area contributed by atoms with E-state index in [1.54, 1.807) is 30.5 Å². The first-order valence-corrected chi connectivity index (χ1v) is 10.2. The fourth-order valence-corrected chi connectivity index (χ4v) is 4.20. The van der Waals surface area contributed by atoms with Crippen molar-refractivity contribution in [3.63, 3.8) is 0 Å². The summed E-state index contributed by atoms with van der Waals surface area (Å²) in [6.07, 6.45) is 7.07. The van der Waals surface area contributed by atoms with Gasteiger partial charge in [0.05, 0.1) is 18.5 Å². The molecule has 0 saturated carbocycles. The minimum Gasteiger partial charge on any atom is -0.383 e. The highest BCUT2D eigenvalue weighted by atomic mass is 16.5. The number of hydrogen-bond acceptors (Lipinski definition) is 7. The Balaban J connectivity index is 1.31. The largest absolute Gasteiger partial charge is 0.383 e. The molecule has 4 aromatic heterocycles. The van der Waals surface area contributed by atoms with Gasteiger partial charge in [-0.15, -0.1) is 0 Å². The molecule has 0 amide bonds. The quantitative estimate of drug-likeness (QED) is 0.514. The van der Waals surface area contributed by atoms with Gasteiger partial charge in [0.25, 0.3) is 0 Å². The molecule has 1 N–H and O–H groups in total. The molecule has 10 nitrogen and oxygen atoms in total. The number of ether oxygens (including phenoxy) is 1. The molecule has 0 spiro atoms. The molecule has 0 unspecified atom stereocenters. The SMILES string of the molecule is COCCn1cnc2c(N3CCC(Cn4c(=O)[nH]c5cccnc54)CC3)ncnc21. The van der Waals surface area contributed by atoms with Crippen LogP contribution in [0.15, 0.2) is 35.8 Å². The predicted octanol–water partition coefficient (Wildman–Crippen LogP) is 1.43. The number of anilines is 1. The average molecular weight is 408 g/mol. The van der Waals surface area contributed by atoms with Gasteiger partial charge in [-0.2, -0.15) is 0 Å². The Hall–Kier alpha value is -3.27. The summed E-state index contributed by atoms with van der Waals surface area (Å²) in [7, 11) is 1.68. The van der Waals surface area contributed by atoms with E-state index in [9.17, 15) is 4.79 Å². The van der Waals surface area contributed by atoms with E-state index in [0.29, 0.717) is 25.6 Å². The molecule has 0 aromatic carbocycles. The standard InChI is InChI=1S/C20H24N8O2/c1-30-10-9-27-13-24-16-18(22-12-23-19(16)27)26-7-4-14(5-8-26)11-28-17-15(25-20(28)29)3-2-6-21-17/h2-3,6,12-14H,4-5,7-11H2,1H3,(H,25,29). The molecule has 5 heterocycles. The van der Waals surface area contributed by atoms with Crippen molar-refractivity contribution in [2.24, 2.45) is 5.92 Å². The van der Waals surface area contributed by atoms with Crippen LogP contribution in [0.5, 0.6) is 0 Å². The van der Waals surface area contributed by atoms with Gasteiger partial charge >= 0.3 is 5.69 Å². The Morgan fingerprint density at radius 1 is 1.17 bits per heavy atom. The van der Waals surface area contributed by atoms with Crippen LogP contribution in [-0.4, -0.2) is 60.9 Å². The highest BCUT2D eigenvalue weighted by Gasteiger charge is 2.24. The molecule has 0 bridgehead atoms. The number of methoxy groups -OCH3 is 1. The summed E-state index contributed by atoms with van der Waals surface area (Å²) in [5.74, 6) is 1.29.